The lowest BCUT2D eigenvalue weighted by atomic mass is 10.1. The van der Waals surface area contributed by atoms with Crippen LogP contribution in [0.2, 0.25) is 5.02 Å². The number of piperazine rings is 1. The molecule has 0 bridgehead atoms. The number of carbonyl (C=O) groups excluding carboxylic acids is 1. The Kier molecular flexibility index (Phi) is 5.51. The lowest BCUT2D eigenvalue weighted by molar-refractivity contribution is 0.102. The van der Waals surface area contributed by atoms with E-state index in [4.69, 9.17) is 11.6 Å². The van der Waals surface area contributed by atoms with Gasteiger partial charge in [-0.15, -0.1) is 0 Å². The quantitative estimate of drug-likeness (QED) is 0.493. The van der Waals surface area contributed by atoms with Crippen LogP contribution in [0.15, 0.2) is 67.0 Å². The topological polar surface area (TPSA) is 74.6 Å². The SMILES string of the molecule is C[C@H]1CN(c2ccccc2NC(=O)c2ccn3ncc(-c4cccc(Cl)c4)c3n2)CCN1. The number of nitrogens with one attached hydrogen (secondary N) is 2. The van der Waals surface area contributed by atoms with Crippen LogP contribution in [0.3, 0.4) is 0 Å². The Labute approximate surface area is 191 Å². The first-order valence-corrected chi connectivity index (χ1v) is 11.0. The third-order valence-corrected chi connectivity index (χ3v) is 5.83. The fourth-order valence-corrected chi connectivity index (χ4v) is 4.24. The summed E-state index contributed by atoms with van der Waals surface area (Å²) in [6.45, 7) is 4.85. The maximum Gasteiger partial charge on any atom is 0.274 e. The van der Waals surface area contributed by atoms with Crippen LogP contribution in [0.25, 0.3) is 16.8 Å². The van der Waals surface area contributed by atoms with Crippen molar-refractivity contribution in [1.82, 2.24) is 19.9 Å². The molecule has 7 nitrogen and oxygen atoms in total. The van der Waals surface area contributed by atoms with Crippen molar-refractivity contribution in [2.45, 2.75) is 13.0 Å². The third-order valence-electron chi connectivity index (χ3n) is 5.60. The standard InChI is InChI=1S/C24H23ClN6O/c1-16-15-30(12-10-26-16)22-8-3-2-7-20(22)29-24(32)21-9-11-31-23(28-21)19(14-27-31)17-5-4-6-18(25)13-17/h2-9,11,13-14,16,26H,10,12,15H2,1H3,(H,29,32)/t16-/m0/s1. The number of anilines is 2. The van der Waals surface area contributed by atoms with E-state index in [2.05, 4.69) is 32.5 Å². The van der Waals surface area contributed by atoms with Gasteiger partial charge in [0.25, 0.3) is 5.91 Å². The van der Waals surface area contributed by atoms with Gasteiger partial charge in [-0.05, 0) is 42.8 Å². The van der Waals surface area contributed by atoms with Gasteiger partial charge in [-0.2, -0.15) is 5.10 Å². The average Bonchev–Trinajstić information content (AvgIpc) is 3.23. The second-order valence-electron chi connectivity index (χ2n) is 7.92. The molecule has 8 heteroatoms. The first-order valence-electron chi connectivity index (χ1n) is 10.6. The minimum Gasteiger partial charge on any atom is -0.367 e. The van der Waals surface area contributed by atoms with E-state index in [0.29, 0.717) is 22.4 Å². The highest BCUT2D eigenvalue weighted by atomic mass is 35.5. The molecule has 2 aromatic heterocycles. The van der Waals surface area contributed by atoms with Crippen molar-refractivity contribution in [2.75, 3.05) is 29.9 Å². The van der Waals surface area contributed by atoms with Crippen molar-refractivity contribution in [1.29, 1.82) is 0 Å². The lowest BCUT2D eigenvalue weighted by Crippen LogP contribution is -2.49. The summed E-state index contributed by atoms with van der Waals surface area (Å²) < 4.78 is 1.66. The summed E-state index contributed by atoms with van der Waals surface area (Å²) >= 11 is 6.15. The van der Waals surface area contributed by atoms with Crippen molar-refractivity contribution in [3.05, 3.63) is 77.7 Å². The molecule has 5 rings (SSSR count). The largest absolute Gasteiger partial charge is 0.367 e. The molecule has 1 saturated heterocycles. The summed E-state index contributed by atoms with van der Waals surface area (Å²) in [5, 5.41) is 11.5. The highest BCUT2D eigenvalue weighted by Crippen LogP contribution is 2.28. The van der Waals surface area contributed by atoms with Gasteiger partial charge in [0.05, 0.1) is 17.6 Å². The van der Waals surface area contributed by atoms with Gasteiger partial charge in [0, 0.05) is 42.5 Å². The fraction of sp³-hybridized carbons (Fsp3) is 0.208. The number of nitrogens with zero attached hydrogens (tertiary/aromatic N) is 4. The van der Waals surface area contributed by atoms with Crippen LogP contribution in [0.5, 0.6) is 0 Å². The van der Waals surface area contributed by atoms with Gasteiger partial charge in [0.1, 0.15) is 5.69 Å². The van der Waals surface area contributed by atoms with Gasteiger partial charge >= 0.3 is 0 Å². The van der Waals surface area contributed by atoms with E-state index in [1.807, 2.05) is 48.5 Å². The molecule has 1 aliphatic heterocycles. The minimum atomic E-state index is -0.263. The molecule has 32 heavy (non-hydrogen) atoms. The zero-order chi connectivity index (χ0) is 22.1. The third kappa shape index (κ3) is 4.04. The number of hydrogen-bond donors (Lipinski definition) is 2. The summed E-state index contributed by atoms with van der Waals surface area (Å²) in [6.07, 6.45) is 3.48. The molecule has 2 aromatic carbocycles. The molecule has 162 valence electrons. The van der Waals surface area contributed by atoms with E-state index in [9.17, 15) is 4.79 Å². The molecule has 3 heterocycles. The van der Waals surface area contributed by atoms with Crippen LogP contribution < -0.4 is 15.5 Å². The van der Waals surface area contributed by atoms with Crippen LogP contribution in [0.1, 0.15) is 17.4 Å². The highest BCUT2D eigenvalue weighted by molar-refractivity contribution is 6.30. The monoisotopic (exact) mass is 446 g/mol. The molecule has 0 unspecified atom stereocenters. The van der Waals surface area contributed by atoms with E-state index in [1.54, 1.807) is 23.0 Å². The van der Waals surface area contributed by atoms with Crippen LogP contribution in [-0.2, 0) is 0 Å². The van der Waals surface area contributed by atoms with Crippen LogP contribution in [-0.4, -0.2) is 46.2 Å². The Morgan fingerprint density at radius 1 is 1.19 bits per heavy atom. The van der Waals surface area contributed by atoms with Crippen molar-refractivity contribution in [3.63, 3.8) is 0 Å². The second kappa shape index (κ2) is 8.61. The number of rotatable bonds is 4. The highest BCUT2D eigenvalue weighted by Gasteiger charge is 2.20. The smallest absolute Gasteiger partial charge is 0.274 e. The molecule has 1 atom stereocenters. The van der Waals surface area contributed by atoms with Crippen molar-refractivity contribution in [2.24, 2.45) is 0 Å². The van der Waals surface area contributed by atoms with Crippen molar-refractivity contribution >= 4 is 34.5 Å². The number of benzene rings is 2. The molecule has 2 N–H and O–H groups in total. The average molecular weight is 447 g/mol. The number of hydrogen-bond acceptors (Lipinski definition) is 5. The van der Waals surface area contributed by atoms with Crippen molar-refractivity contribution in [3.8, 4) is 11.1 Å². The second-order valence-corrected chi connectivity index (χ2v) is 8.36. The molecule has 1 fully saturated rings. The number of halogens is 1. The van der Waals surface area contributed by atoms with E-state index >= 15 is 0 Å². The van der Waals surface area contributed by atoms with Crippen LogP contribution in [0, 0.1) is 0 Å². The molecule has 1 amide bonds. The minimum absolute atomic E-state index is 0.263. The van der Waals surface area contributed by atoms with Crippen molar-refractivity contribution < 1.29 is 4.79 Å². The summed E-state index contributed by atoms with van der Waals surface area (Å²) in [4.78, 5) is 20.0. The van der Waals surface area contributed by atoms with Gasteiger partial charge in [0.2, 0.25) is 0 Å². The maximum atomic E-state index is 13.1. The fourth-order valence-electron chi connectivity index (χ4n) is 4.05. The number of amides is 1. The molecule has 0 spiro atoms. The summed E-state index contributed by atoms with van der Waals surface area (Å²) in [5.41, 5.74) is 4.43. The zero-order valence-corrected chi connectivity index (χ0v) is 18.4. The van der Waals surface area contributed by atoms with Crippen LogP contribution >= 0.6 is 11.6 Å². The van der Waals surface area contributed by atoms with Gasteiger partial charge in [-0.1, -0.05) is 35.9 Å². The number of para-hydroxylation sites is 2. The summed E-state index contributed by atoms with van der Waals surface area (Å²) in [6, 6.07) is 17.5. The Morgan fingerprint density at radius 2 is 2.06 bits per heavy atom. The van der Waals surface area contributed by atoms with E-state index < -0.39 is 0 Å². The van der Waals surface area contributed by atoms with Gasteiger partial charge < -0.3 is 15.5 Å². The first-order chi connectivity index (χ1) is 15.6. The Bertz CT molecular complexity index is 1290. The number of fused-ring (bicyclic) bond motifs is 1. The lowest BCUT2D eigenvalue weighted by Gasteiger charge is -2.34. The number of aromatic nitrogens is 3. The Hall–Kier alpha value is -3.42. The zero-order valence-electron chi connectivity index (χ0n) is 17.6. The summed E-state index contributed by atoms with van der Waals surface area (Å²) in [7, 11) is 0. The molecule has 0 radical (unpaired) electrons. The maximum absolute atomic E-state index is 13.1. The molecule has 4 aromatic rings. The van der Waals surface area contributed by atoms with Gasteiger partial charge in [-0.25, -0.2) is 9.50 Å². The first kappa shape index (κ1) is 20.5. The van der Waals surface area contributed by atoms with E-state index in [1.165, 1.54) is 0 Å². The van der Waals surface area contributed by atoms with E-state index in [-0.39, 0.29) is 5.91 Å². The molecular formula is C24H23ClN6O. The Balaban J connectivity index is 1.44. The molecule has 0 saturated carbocycles. The normalized spacial score (nSPS) is 16.3. The molecular weight excluding hydrogens is 424 g/mol. The molecule has 0 aliphatic carbocycles. The van der Waals surface area contributed by atoms with Gasteiger partial charge in [0.15, 0.2) is 5.65 Å². The predicted octanol–water partition coefficient (Wildman–Crippen LogP) is 4.10. The van der Waals surface area contributed by atoms with E-state index in [0.717, 1.165) is 42.1 Å². The predicted molar refractivity (Wildman–Crippen MR) is 128 cm³/mol. The number of carbonyl (C=O) groups is 1. The van der Waals surface area contributed by atoms with Gasteiger partial charge in [-0.3, -0.25) is 4.79 Å². The summed E-state index contributed by atoms with van der Waals surface area (Å²) in [5.74, 6) is -0.263. The Morgan fingerprint density at radius 3 is 2.91 bits per heavy atom. The molecule has 1 aliphatic rings. The van der Waals surface area contributed by atoms with Crippen LogP contribution in [0.4, 0.5) is 11.4 Å².